The van der Waals surface area contributed by atoms with Gasteiger partial charge in [-0.15, -0.1) is 0 Å². The summed E-state index contributed by atoms with van der Waals surface area (Å²) in [4.78, 5) is 13.9. The minimum Gasteiger partial charge on any atom is -0.324 e. The molecule has 0 aromatic heterocycles. The number of hydrogen-bond donors (Lipinski definition) is 1. The molecule has 22 heavy (non-hydrogen) atoms. The zero-order valence-electron chi connectivity index (χ0n) is 12.8. The lowest BCUT2D eigenvalue weighted by Gasteiger charge is -2.26. The molecular formula is C16H22N2O3S. The highest BCUT2D eigenvalue weighted by atomic mass is 32.2. The molecule has 0 bridgehead atoms. The van der Waals surface area contributed by atoms with E-state index in [4.69, 9.17) is 0 Å². The van der Waals surface area contributed by atoms with E-state index in [2.05, 4.69) is 4.72 Å². The summed E-state index contributed by atoms with van der Waals surface area (Å²) in [7, 11) is -3.80. The normalized spacial score (nSPS) is 16.4. The molecule has 5 nitrogen and oxygen atoms in total. The number of nitrogens with zero attached hydrogens (tertiary/aromatic N) is 1. The largest absolute Gasteiger partial charge is 0.331 e. The summed E-state index contributed by atoms with van der Waals surface area (Å²) in [5.74, 6) is 0. The molecule has 1 fully saturated rings. The van der Waals surface area contributed by atoms with E-state index in [0.717, 1.165) is 24.8 Å². The van der Waals surface area contributed by atoms with Crippen LogP contribution in [0.1, 0.15) is 38.2 Å². The van der Waals surface area contributed by atoms with E-state index in [1.165, 1.54) is 0 Å². The molecule has 1 N–H and O–H groups in total. The molecule has 120 valence electrons. The van der Waals surface area contributed by atoms with Crippen LogP contribution in [0.15, 0.2) is 35.2 Å². The second-order valence-corrected chi connectivity index (χ2v) is 7.07. The Morgan fingerprint density at radius 2 is 1.82 bits per heavy atom. The minimum atomic E-state index is -3.80. The lowest BCUT2D eigenvalue weighted by molar-refractivity contribution is 0.192. The maximum Gasteiger partial charge on any atom is 0.331 e. The lowest BCUT2D eigenvalue weighted by atomic mass is 10.1. The molecule has 0 unspecified atom stereocenters. The monoisotopic (exact) mass is 322 g/mol. The molecule has 1 aromatic rings. The average molecular weight is 322 g/mol. The third kappa shape index (κ3) is 4.34. The highest BCUT2D eigenvalue weighted by Crippen LogP contribution is 2.16. The first-order valence-electron chi connectivity index (χ1n) is 7.60. The number of nitrogens with one attached hydrogen (secondary N) is 1. The molecule has 0 radical (unpaired) electrons. The Labute approximate surface area is 132 Å². The Morgan fingerprint density at radius 1 is 1.18 bits per heavy atom. The van der Waals surface area contributed by atoms with Crippen molar-refractivity contribution >= 4 is 22.1 Å². The van der Waals surface area contributed by atoms with Crippen molar-refractivity contribution in [1.29, 1.82) is 0 Å². The van der Waals surface area contributed by atoms with Gasteiger partial charge in [-0.3, -0.25) is 0 Å². The number of carbonyl (C=O) groups is 1. The fourth-order valence-corrected chi connectivity index (χ4v) is 3.61. The summed E-state index contributed by atoms with van der Waals surface area (Å²) < 4.78 is 27.0. The number of allylic oxidation sites excluding steroid dienone is 1. The maximum atomic E-state index is 12.4. The van der Waals surface area contributed by atoms with Gasteiger partial charge < -0.3 is 4.90 Å². The van der Waals surface area contributed by atoms with Crippen LogP contribution in [0.5, 0.6) is 0 Å². The van der Waals surface area contributed by atoms with Crippen molar-refractivity contribution in [2.75, 3.05) is 13.1 Å². The van der Waals surface area contributed by atoms with Crippen molar-refractivity contribution in [2.45, 2.75) is 32.6 Å². The summed E-state index contributed by atoms with van der Waals surface area (Å²) in [6, 6.07) is 8.70. The van der Waals surface area contributed by atoms with Crippen molar-refractivity contribution in [1.82, 2.24) is 9.62 Å². The number of amides is 2. The molecule has 0 aliphatic carbocycles. The van der Waals surface area contributed by atoms with Gasteiger partial charge in [-0.25, -0.2) is 17.9 Å². The summed E-state index contributed by atoms with van der Waals surface area (Å²) in [5.41, 5.74) is 0.801. The fourth-order valence-electron chi connectivity index (χ4n) is 2.45. The summed E-state index contributed by atoms with van der Waals surface area (Å²) in [6.07, 6.45) is 4.87. The predicted molar refractivity (Wildman–Crippen MR) is 87.6 cm³/mol. The highest BCUT2D eigenvalue weighted by Gasteiger charge is 2.24. The van der Waals surface area contributed by atoms with Crippen molar-refractivity contribution in [3.05, 3.63) is 40.8 Å². The minimum absolute atomic E-state index is 0.212. The third-order valence-corrected chi connectivity index (χ3v) is 5.23. The number of carbonyl (C=O) groups excluding carboxylic acids is 1. The highest BCUT2D eigenvalue weighted by molar-refractivity contribution is 7.94. The standard InChI is InChI=1S/C16H22N2O3S/c1-2-15(13-14-9-5-3-6-10-14)22(20,21)17-16(19)18-11-7-4-8-12-18/h3,5-6,9-10,13H,2,4,7-8,11-12H2,1H3,(H,17,19). The molecule has 0 spiro atoms. The fraction of sp³-hybridized carbons (Fsp3) is 0.438. The van der Waals surface area contributed by atoms with E-state index < -0.39 is 16.1 Å². The first-order chi connectivity index (χ1) is 10.5. The number of benzene rings is 1. The van der Waals surface area contributed by atoms with Gasteiger partial charge in [0.1, 0.15) is 0 Å². The molecule has 1 heterocycles. The van der Waals surface area contributed by atoms with Gasteiger partial charge >= 0.3 is 6.03 Å². The Balaban J connectivity index is 2.13. The van der Waals surface area contributed by atoms with Gasteiger partial charge in [0.25, 0.3) is 10.0 Å². The van der Waals surface area contributed by atoms with E-state index in [9.17, 15) is 13.2 Å². The second-order valence-electron chi connectivity index (χ2n) is 5.33. The first-order valence-corrected chi connectivity index (χ1v) is 9.08. The van der Waals surface area contributed by atoms with E-state index in [-0.39, 0.29) is 4.91 Å². The third-order valence-electron chi connectivity index (χ3n) is 3.69. The second kappa shape index (κ2) is 7.45. The van der Waals surface area contributed by atoms with Gasteiger partial charge in [0, 0.05) is 13.1 Å². The van der Waals surface area contributed by atoms with Crippen LogP contribution in [0.2, 0.25) is 0 Å². The molecule has 2 rings (SSSR count). The SMILES string of the molecule is CCC(=Cc1ccccc1)S(=O)(=O)NC(=O)N1CCCCC1. The van der Waals surface area contributed by atoms with Crippen LogP contribution in [0.4, 0.5) is 4.79 Å². The van der Waals surface area contributed by atoms with Gasteiger partial charge in [-0.2, -0.15) is 0 Å². The summed E-state index contributed by atoms with van der Waals surface area (Å²) >= 11 is 0. The Kier molecular flexibility index (Phi) is 5.60. The van der Waals surface area contributed by atoms with Crippen LogP contribution >= 0.6 is 0 Å². The topological polar surface area (TPSA) is 66.5 Å². The average Bonchev–Trinajstić information content (AvgIpc) is 2.54. The van der Waals surface area contributed by atoms with Crippen LogP contribution < -0.4 is 4.72 Å². The van der Waals surface area contributed by atoms with Crippen LogP contribution in [0, 0.1) is 0 Å². The zero-order valence-corrected chi connectivity index (χ0v) is 13.6. The van der Waals surface area contributed by atoms with Crippen LogP contribution in [0.25, 0.3) is 6.08 Å². The van der Waals surface area contributed by atoms with Gasteiger partial charge in [0.2, 0.25) is 0 Å². The van der Waals surface area contributed by atoms with Crippen molar-refractivity contribution in [3.8, 4) is 0 Å². The molecule has 1 aliphatic rings. The van der Waals surface area contributed by atoms with Gasteiger partial charge in [0.05, 0.1) is 4.91 Å². The van der Waals surface area contributed by atoms with E-state index in [1.54, 1.807) is 17.9 Å². The number of urea groups is 1. The van der Waals surface area contributed by atoms with Gasteiger partial charge in [0.15, 0.2) is 0 Å². The van der Waals surface area contributed by atoms with E-state index in [1.807, 2.05) is 30.3 Å². The van der Waals surface area contributed by atoms with E-state index >= 15 is 0 Å². The number of sulfonamides is 1. The molecule has 1 aliphatic heterocycles. The van der Waals surface area contributed by atoms with Gasteiger partial charge in [-0.1, -0.05) is 37.3 Å². The number of piperidine rings is 1. The Hall–Kier alpha value is -1.82. The Morgan fingerprint density at radius 3 is 2.41 bits per heavy atom. The molecule has 0 atom stereocenters. The van der Waals surface area contributed by atoms with Crippen molar-refractivity contribution in [3.63, 3.8) is 0 Å². The van der Waals surface area contributed by atoms with Crippen molar-refractivity contribution in [2.24, 2.45) is 0 Å². The predicted octanol–water partition coefficient (Wildman–Crippen LogP) is 2.96. The molecule has 2 amide bonds. The Bertz CT molecular complexity index is 633. The quantitative estimate of drug-likeness (QED) is 0.927. The molecule has 6 heteroatoms. The molecule has 1 saturated heterocycles. The van der Waals surface area contributed by atoms with E-state index in [0.29, 0.717) is 19.5 Å². The number of rotatable bonds is 4. The summed E-state index contributed by atoms with van der Waals surface area (Å²) in [5, 5.41) is 0. The molecule has 1 aromatic carbocycles. The lowest BCUT2D eigenvalue weighted by Crippen LogP contribution is -2.45. The van der Waals surface area contributed by atoms with Crippen molar-refractivity contribution < 1.29 is 13.2 Å². The maximum absolute atomic E-state index is 12.4. The first kappa shape index (κ1) is 16.5. The zero-order chi connectivity index (χ0) is 16.0. The molecular weight excluding hydrogens is 300 g/mol. The number of hydrogen-bond acceptors (Lipinski definition) is 3. The summed E-state index contributed by atoms with van der Waals surface area (Å²) in [6.45, 7) is 3.00. The molecule has 0 saturated carbocycles. The van der Waals surface area contributed by atoms with Crippen LogP contribution in [-0.4, -0.2) is 32.4 Å². The van der Waals surface area contributed by atoms with Crippen LogP contribution in [0.3, 0.4) is 0 Å². The van der Waals surface area contributed by atoms with Crippen LogP contribution in [-0.2, 0) is 10.0 Å². The van der Waals surface area contributed by atoms with Gasteiger partial charge in [-0.05, 0) is 37.3 Å². The smallest absolute Gasteiger partial charge is 0.324 e. The number of likely N-dealkylation sites (tertiary alicyclic amines) is 1.